The van der Waals surface area contributed by atoms with E-state index in [9.17, 15) is 0 Å². The lowest BCUT2D eigenvalue weighted by Crippen LogP contribution is -2.51. The number of anilines is 2. The summed E-state index contributed by atoms with van der Waals surface area (Å²) in [5, 5.41) is 6.66. The second-order valence-corrected chi connectivity index (χ2v) is 4.81. The molecule has 0 bridgehead atoms. The molecule has 2 saturated heterocycles. The maximum atomic E-state index is 4.37. The molecular formula is C12H19N5. The molecule has 3 rings (SSSR count). The zero-order valence-electron chi connectivity index (χ0n) is 10.0. The van der Waals surface area contributed by atoms with Crippen LogP contribution in [0.1, 0.15) is 19.3 Å². The first kappa shape index (κ1) is 10.8. The standard InChI is InChI=1S/C12H19N5/c1-2-4-17(5-3-1)12-6-11(14-9-15-12)16-10-7-13-8-10/h6,9-10,13H,1-5,7-8H2,(H,14,15,16). The van der Waals surface area contributed by atoms with Crippen LogP contribution < -0.4 is 15.5 Å². The van der Waals surface area contributed by atoms with Crippen LogP contribution in [0.3, 0.4) is 0 Å². The highest BCUT2D eigenvalue weighted by molar-refractivity contribution is 5.49. The molecule has 0 atom stereocenters. The van der Waals surface area contributed by atoms with E-state index in [4.69, 9.17) is 0 Å². The van der Waals surface area contributed by atoms with Crippen LogP contribution in [0.5, 0.6) is 0 Å². The van der Waals surface area contributed by atoms with Gasteiger partial charge in [-0.3, -0.25) is 0 Å². The van der Waals surface area contributed by atoms with Crippen LogP contribution in [0.15, 0.2) is 12.4 Å². The molecule has 2 N–H and O–H groups in total. The maximum Gasteiger partial charge on any atom is 0.134 e. The Labute approximate surface area is 102 Å². The molecule has 0 radical (unpaired) electrons. The second kappa shape index (κ2) is 4.87. The molecule has 2 aliphatic heterocycles. The van der Waals surface area contributed by atoms with Gasteiger partial charge in [-0.15, -0.1) is 0 Å². The van der Waals surface area contributed by atoms with Gasteiger partial charge in [-0.1, -0.05) is 0 Å². The van der Waals surface area contributed by atoms with Crippen LogP contribution in [0.2, 0.25) is 0 Å². The number of rotatable bonds is 3. The van der Waals surface area contributed by atoms with E-state index in [1.54, 1.807) is 6.33 Å². The predicted octanol–water partition coefficient (Wildman–Crippen LogP) is 0.851. The third-order valence-electron chi connectivity index (χ3n) is 3.47. The summed E-state index contributed by atoms with van der Waals surface area (Å²) >= 11 is 0. The Morgan fingerprint density at radius 2 is 2.00 bits per heavy atom. The third kappa shape index (κ3) is 2.49. The topological polar surface area (TPSA) is 53.1 Å². The molecule has 1 aromatic rings. The van der Waals surface area contributed by atoms with Gasteiger partial charge < -0.3 is 15.5 Å². The van der Waals surface area contributed by atoms with E-state index in [0.29, 0.717) is 6.04 Å². The van der Waals surface area contributed by atoms with Crippen LogP contribution >= 0.6 is 0 Å². The molecule has 0 spiro atoms. The first-order valence-electron chi connectivity index (χ1n) is 6.46. The van der Waals surface area contributed by atoms with Crippen molar-refractivity contribution in [2.24, 2.45) is 0 Å². The number of nitrogens with one attached hydrogen (secondary N) is 2. The fourth-order valence-electron chi connectivity index (χ4n) is 2.32. The normalized spacial score (nSPS) is 21.1. The highest BCUT2D eigenvalue weighted by Gasteiger charge is 2.17. The molecule has 0 amide bonds. The summed E-state index contributed by atoms with van der Waals surface area (Å²) in [6.07, 6.45) is 5.57. The van der Waals surface area contributed by atoms with E-state index >= 15 is 0 Å². The lowest BCUT2D eigenvalue weighted by Gasteiger charge is -2.30. The molecule has 5 heteroatoms. The SMILES string of the molecule is c1nc(NC2CNC2)cc(N2CCCCC2)n1. The minimum atomic E-state index is 0.527. The Hall–Kier alpha value is -1.36. The Morgan fingerprint density at radius 1 is 1.18 bits per heavy atom. The van der Waals surface area contributed by atoms with Crippen molar-refractivity contribution < 1.29 is 0 Å². The molecule has 1 aromatic heterocycles. The van der Waals surface area contributed by atoms with Crippen molar-refractivity contribution in [2.75, 3.05) is 36.4 Å². The second-order valence-electron chi connectivity index (χ2n) is 4.81. The van der Waals surface area contributed by atoms with Gasteiger partial charge in [0.2, 0.25) is 0 Å². The zero-order chi connectivity index (χ0) is 11.5. The van der Waals surface area contributed by atoms with Gasteiger partial charge in [0.1, 0.15) is 18.0 Å². The lowest BCUT2D eigenvalue weighted by atomic mass is 10.1. The Morgan fingerprint density at radius 3 is 2.71 bits per heavy atom. The molecule has 17 heavy (non-hydrogen) atoms. The number of piperidine rings is 1. The molecule has 92 valence electrons. The van der Waals surface area contributed by atoms with Crippen molar-refractivity contribution in [1.82, 2.24) is 15.3 Å². The van der Waals surface area contributed by atoms with Crippen molar-refractivity contribution in [1.29, 1.82) is 0 Å². The summed E-state index contributed by atoms with van der Waals surface area (Å²) in [5.74, 6) is 2.02. The van der Waals surface area contributed by atoms with Crippen molar-refractivity contribution >= 4 is 11.6 Å². The van der Waals surface area contributed by atoms with Crippen molar-refractivity contribution in [3.63, 3.8) is 0 Å². The molecule has 5 nitrogen and oxygen atoms in total. The highest BCUT2D eigenvalue weighted by Crippen LogP contribution is 2.19. The molecule has 3 heterocycles. The Kier molecular flexibility index (Phi) is 3.09. The van der Waals surface area contributed by atoms with Crippen LogP contribution in [0.4, 0.5) is 11.6 Å². The summed E-state index contributed by atoms with van der Waals surface area (Å²) in [5.41, 5.74) is 0. The Bertz CT molecular complexity index is 371. The zero-order valence-corrected chi connectivity index (χ0v) is 10.0. The first-order valence-corrected chi connectivity index (χ1v) is 6.46. The fourth-order valence-corrected chi connectivity index (χ4v) is 2.32. The Balaban J connectivity index is 1.68. The number of hydrogen-bond acceptors (Lipinski definition) is 5. The van der Waals surface area contributed by atoms with E-state index in [1.807, 2.05) is 0 Å². The monoisotopic (exact) mass is 233 g/mol. The van der Waals surface area contributed by atoms with Gasteiger partial charge in [-0.2, -0.15) is 0 Å². The van der Waals surface area contributed by atoms with Crippen LogP contribution in [0.25, 0.3) is 0 Å². The quantitative estimate of drug-likeness (QED) is 0.810. The summed E-state index contributed by atoms with van der Waals surface area (Å²) in [6, 6.07) is 2.60. The number of nitrogens with zero attached hydrogens (tertiary/aromatic N) is 3. The fraction of sp³-hybridized carbons (Fsp3) is 0.667. The third-order valence-corrected chi connectivity index (χ3v) is 3.47. The maximum absolute atomic E-state index is 4.37. The van der Waals surface area contributed by atoms with Crippen molar-refractivity contribution in [3.05, 3.63) is 12.4 Å². The summed E-state index contributed by atoms with van der Waals surface area (Å²) in [7, 11) is 0. The van der Waals surface area contributed by atoms with Gasteiger partial charge in [-0.05, 0) is 19.3 Å². The molecule has 0 saturated carbocycles. The highest BCUT2D eigenvalue weighted by atomic mass is 15.2. The molecule has 2 fully saturated rings. The predicted molar refractivity (Wildman–Crippen MR) is 68.4 cm³/mol. The van der Waals surface area contributed by atoms with Gasteiger partial charge in [-0.25, -0.2) is 9.97 Å². The number of hydrogen-bond donors (Lipinski definition) is 2. The van der Waals surface area contributed by atoms with Gasteiger partial charge >= 0.3 is 0 Å². The van der Waals surface area contributed by atoms with E-state index in [-0.39, 0.29) is 0 Å². The largest absolute Gasteiger partial charge is 0.365 e. The van der Waals surface area contributed by atoms with Gasteiger partial charge in [0.15, 0.2) is 0 Å². The van der Waals surface area contributed by atoms with Gasteiger partial charge in [0.05, 0.1) is 6.04 Å². The van der Waals surface area contributed by atoms with Gasteiger partial charge in [0, 0.05) is 32.2 Å². The van der Waals surface area contributed by atoms with E-state index in [1.165, 1.54) is 19.3 Å². The van der Waals surface area contributed by atoms with Crippen LogP contribution in [-0.2, 0) is 0 Å². The van der Waals surface area contributed by atoms with E-state index in [2.05, 4.69) is 31.6 Å². The summed E-state index contributed by atoms with van der Waals surface area (Å²) in [4.78, 5) is 11.0. The van der Waals surface area contributed by atoms with Crippen LogP contribution in [0, 0.1) is 0 Å². The molecular weight excluding hydrogens is 214 g/mol. The van der Waals surface area contributed by atoms with Crippen molar-refractivity contribution in [3.8, 4) is 0 Å². The summed E-state index contributed by atoms with van der Waals surface area (Å²) < 4.78 is 0. The first-order chi connectivity index (χ1) is 8.42. The summed E-state index contributed by atoms with van der Waals surface area (Å²) in [6.45, 7) is 4.31. The minimum absolute atomic E-state index is 0.527. The molecule has 0 unspecified atom stereocenters. The lowest BCUT2D eigenvalue weighted by molar-refractivity contribution is 0.471. The average Bonchev–Trinajstić information content (AvgIpc) is 2.35. The molecule has 0 aliphatic carbocycles. The number of aromatic nitrogens is 2. The van der Waals surface area contributed by atoms with Gasteiger partial charge in [0.25, 0.3) is 0 Å². The van der Waals surface area contributed by atoms with Crippen LogP contribution in [-0.4, -0.2) is 42.2 Å². The molecule has 0 aromatic carbocycles. The van der Waals surface area contributed by atoms with Crippen molar-refractivity contribution in [2.45, 2.75) is 25.3 Å². The smallest absolute Gasteiger partial charge is 0.134 e. The average molecular weight is 233 g/mol. The minimum Gasteiger partial charge on any atom is -0.365 e. The molecule has 2 aliphatic rings. The van der Waals surface area contributed by atoms with E-state index < -0.39 is 0 Å². The van der Waals surface area contributed by atoms with E-state index in [0.717, 1.165) is 37.8 Å².